The second-order valence-electron chi connectivity index (χ2n) is 8.74. The van der Waals surface area contributed by atoms with Crippen LogP contribution >= 0.6 is 0 Å². The fourth-order valence-electron chi connectivity index (χ4n) is 5.09. The molecule has 1 fully saturated rings. The van der Waals surface area contributed by atoms with E-state index in [0.29, 0.717) is 16.8 Å². The van der Waals surface area contributed by atoms with Crippen molar-refractivity contribution in [2.75, 3.05) is 6.61 Å². The molecule has 5 rings (SSSR count). The zero-order valence-corrected chi connectivity index (χ0v) is 20.1. The number of hydrogen-bond donors (Lipinski definition) is 1. The molecule has 3 aromatic rings. The minimum absolute atomic E-state index is 0.225. The van der Waals surface area contributed by atoms with Gasteiger partial charge in [0.25, 0.3) is 11.8 Å². The molecule has 7 heteroatoms. The van der Waals surface area contributed by atoms with E-state index in [4.69, 9.17) is 4.74 Å². The third-order valence-corrected chi connectivity index (χ3v) is 6.63. The number of rotatable bonds is 6. The Morgan fingerprint density at radius 2 is 1.42 bits per heavy atom. The van der Waals surface area contributed by atoms with Gasteiger partial charge >= 0.3 is 5.97 Å². The summed E-state index contributed by atoms with van der Waals surface area (Å²) in [6.45, 7) is 3.74. The molecule has 0 radical (unpaired) electrons. The molecule has 0 spiro atoms. The monoisotopic (exact) mass is 481 g/mol. The number of nitrogens with zero attached hydrogens (tertiary/aromatic N) is 2. The number of amides is 2. The van der Waals surface area contributed by atoms with Gasteiger partial charge in [-0.15, -0.1) is 0 Å². The zero-order valence-electron chi connectivity index (χ0n) is 20.1. The second kappa shape index (κ2) is 9.79. The number of esters is 1. The average molecular weight is 482 g/mol. The topological polar surface area (TPSA) is 79.0 Å². The molecule has 0 aromatic heterocycles. The Kier molecular flexibility index (Phi) is 6.40. The van der Waals surface area contributed by atoms with Gasteiger partial charge in [0, 0.05) is 11.3 Å². The highest BCUT2D eigenvalue weighted by Crippen LogP contribution is 2.50. The van der Waals surface area contributed by atoms with E-state index in [9.17, 15) is 14.4 Å². The summed E-state index contributed by atoms with van der Waals surface area (Å²) in [6, 6.07) is 26.0. The maximum atomic E-state index is 13.9. The number of ether oxygens (including phenoxy) is 1. The Hall–Kier alpha value is -4.23. The molecule has 0 bridgehead atoms. The Balaban J connectivity index is 1.63. The maximum Gasteiger partial charge on any atom is 0.337 e. The lowest BCUT2D eigenvalue weighted by molar-refractivity contribution is -0.140. The molecule has 182 valence electrons. The van der Waals surface area contributed by atoms with Crippen LogP contribution in [0.4, 0.5) is 0 Å². The summed E-state index contributed by atoms with van der Waals surface area (Å²) in [5, 5.41) is 6.42. The van der Waals surface area contributed by atoms with Gasteiger partial charge in [-0.1, -0.05) is 78.9 Å². The minimum atomic E-state index is -0.856. The lowest BCUT2D eigenvalue weighted by atomic mass is 9.92. The van der Waals surface area contributed by atoms with E-state index in [1.807, 2.05) is 71.7 Å². The summed E-state index contributed by atoms with van der Waals surface area (Å²) in [5.74, 6) is -1.09. The van der Waals surface area contributed by atoms with Crippen LogP contribution < -0.4 is 5.32 Å². The standard InChI is InChI=1S/C29H27N3O4/c1-3-36-29(35)23-19(2)31-28(34)24(30-27(33)22-17-11-6-12-18-22)26(21-15-9-5-10-16-21)32(31)25(23)20-13-7-4-8-14-20/h4-18,24-26H,3H2,1-2H3,(H,30,33)/t24-,25+,26-/m1/s1. The normalized spacial score (nSPS) is 21.4. The van der Waals surface area contributed by atoms with E-state index in [1.54, 1.807) is 38.1 Å². The van der Waals surface area contributed by atoms with Crippen LogP contribution in [-0.4, -0.2) is 40.5 Å². The van der Waals surface area contributed by atoms with Crippen LogP contribution in [0, 0.1) is 0 Å². The number of hydrogen-bond acceptors (Lipinski definition) is 5. The van der Waals surface area contributed by atoms with Crippen molar-refractivity contribution in [1.82, 2.24) is 15.3 Å². The SMILES string of the molecule is CCOC(=O)C1=C(C)N2C(=O)[C@H](NC(=O)c3ccccc3)[C@@H](c3ccccc3)N2[C@H]1c1ccccc1. The molecule has 36 heavy (non-hydrogen) atoms. The maximum absolute atomic E-state index is 13.9. The van der Waals surface area contributed by atoms with Gasteiger partial charge in [0.1, 0.15) is 6.04 Å². The van der Waals surface area contributed by atoms with Gasteiger partial charge in [-0.2, -0.15) is 5.01 Å². The largest absolute Gasteiger partial charge is 0.463 e. The molecule has 7 nitrogen and oxygen atoms in total. The van der Waals surface area contributed by atoms with Gasteiger partial charge in [-0.05, 0) is 37.1 Å². The number of nitrogens with one attached hydrogen (secondary N) is 1. The van der Waals surface area contributed by atoms with E-state index in [1.165, 1.54) is 5.01 Å². The number of carbonyl (C=O) groups is 3. The number of allylic oxidation sites excluding steroid dienone is 1. The van der Waals surface area contributed by atoms with Crippen LogP contribution in [0.1, 0.15) is 47.4 Å². The molecule has 2 heterocycles. The van der Waals surface area contributed by atoms with Crippen LogP contribution in [0.2, 0.25) is 0 Å². The van der Waals surface area contributed by atoms with E-state index in [0.717, 1.165) is 11.1 Å². The number of benzene rings is 3. The number of hydrazine groups is 1. The lowest BCUT2D eigenvalue weighted by Crippen LogP contribution is -2.44. The van der Waals surface area contributed by atoms with Gasteiger partial charge in [0.15, 0.2) is 0 Å². The van der Waals surface area contributed by atoms with E-state index >= 15 is 0 Å². The molecule has 0 unspecified atom stereocenters. The predicted molar refractivity (Wildman–Crippen MR) is 134 cm³/mol. The smallest absolute Gasteiger partial charge is 0.337 e. The number of fused-ring (bicyclic) bond motifs is 1. The minimum Gasteiger partial charge on any atom is -0.463 e. The summed E-state index contributed by atoms with van der Waals surface area (Å²) in [5.41, 5.74) is 3.10. The summed E-state index contributed by atoms with van der Waals surface area (Å²) in [7, 11) is 0. The van der Waals surface area contributed by atoms with E-state index < -0.39 is 24.1 Å². The fourth-order valence-corrected chi connectivity index (χ4v) is 5.09. The fraction of sp³-hybridized carbons (Fsp3) is 0.207. The van der Waals surface area contributed by atoms with Crippen LogP contribution in [-0.2, 0) is 14.3 Å². The molecule has 3 aromatic carbocycles. The first kappa shape index (κ1) is 23.5. The van der Waals surface area contributed by atoms with Crippen molar-refractivity contribution < 1.29 is 19.1 Å². The summed E-state index contributed by atoms with van der Waals surface area (Å²) < 4.78 is 5.41. The molecular formula is C29H27N3O4. The third kappa shape index (κ3) is 3.97. The molecule has 1 saturated heterocycles. The van der Waals surface area contributed by atoms with Crippen LogP contribution in [0.25, 0.3) is 0 Å². The molecule has 2 aliphatic heterocycles. The first-order chi connectivity index (χ1) is 17.5. The molecule has 3 atom stereocenters. The molecule has 1 N–H and O–H groups in total. The van der Waals surface area contributed by atoms with Crippen LogP contribution in [0.5, 0.6) is 0 Å². The zero-order chi connectivity index (χ0) is 25.2. The van der Waals surface area contributed by atoms with Gasteiger partial charge in [0.2, 0.25) is 0 Å². The molecule has 2 aliphatic rings. The molecule has 0 aliphatic carbocycles. The first-order valence-corrected chi connectivity index (χ1v) is 12.0. The molecule has 2 amide bonds. The average Bonchev–Trinajstić information content (AvgIpc) is 3.37. The quantitative estimate of drug-likeness (QED) is 0.535. The predicted octanol–water partition coefficient (Wildman–Crippen LogP) is 4.18. The third-order valence-electron chi connectivity index (χ3n) is 6.63. The van der Waals surface area contributed by atoms with Crippen molar-refractivity contribution >= 4 is 17.8 Å². The lowest BCUT2D eigenvalue weighted by Gasteiger charge is -2.33. The highest BCUT2D eigenvalue weighted by Gasteiger charge is 2.57. The van der Waals surface area contributed by atoms with Crippen molar-refractivity contribution in [3.8, 4) is 0 Å². The van der Waals surface area contributed by atoms with Crippen molar-refractivity contribution in [2.24, 2.45) is 0 Å². The van der Waals surface area contributed by atoms with Crippen LogP contribution in [0.15, 0.2) is 102 Å². The van der Waals surface area contributed by atoms with Crippen molar-refractivity contribution in [3.63, 3.8) is 0 Å². The summed E-state index contributed by atoms with van der Waals surface area (Å²) in [4.78, 5) is 40.2. The first-order valence-electron chi connectivity index (χ1n) is 12.0. The van der Waals surface area contributed by atoms with Crippen molar-refractivity contribution in [1.29, 1.82) is 0 Å². The van der Waals surface area contributed by atoms with Gasteiger partial charge in [-0.3, -0.25) is 9.59 Å². The van der Waals surface area contributed by atoms with Gasteiger partial charge in [-0.25, -0.2) is 9.80 Å². The van der Waals surface area contributed by atoms with Crippen molar-refractivity contribution in [2.45, 2.75) is 32.0 Å². The molecule has 0 saturated carbocycles. The Morgan fingerprint density at radius 3 is 2.00 bits per heavy atom. The number of carbonyl (C=O) groups excluding carboxylic acids is 3. The van der Waals surface area contributed by atoms with E-state index in [-0.39, 0.29) is 18.4 Å². The second-order valence-corrected chi connectivity index (χ2v) is 8.74. The Labute approximate surface area is 209 Å². The molecular weight excluding hydrogens is 454 g/mol. The summed E-state index contributed by atoms with van der Waals surface area (Å²) >= 11 is 0. The Bertz CT molecular complexity index is 1310. The Morgan fingerprint density at radius 1 is 0.861 bits per heavy atom. The summed E-state index contributed by atoms with van der Waals surface area (Å²) in [6.07, 6.45) is 0. The van der Waals surface area contributed by atoms with Gasteiger partial charge < -0.3 is 10.1 Å². The van der Waals surface area contributed by atoms with E-state index in [2.05, 4.69) is 5.32 Å². The van der Waals surface area contributed by atoms with Crippen molar-refractivity contribution in [3.05, 3.63) is 119 Å². The highest BCUT2D eigenvalue weighted by molar-refractivity contribution is 6.00. The highest BCUT2D eigenvalue weighted by atomic mass is 16.5. The van der Waals surface area contributed by atoms with Gasteiger partial charge in [0.05, 0.1) is 24.3 Å². The van der Waals surface area contributed by atoms with Crippen LogP contribution in [0.3, 0.4) is 0 Å².